The van der Waals surface area contributed by atoms with Gasteiger partial charge in [0.05, 0.1) is 11.6 Å². The maximum absolute atomic E-state index is 12.3. The van der Waals surface area contributed by atoms with Gasteiger partial charge in [0.1, 0.15) is 0 Å². The topological polar surface area (TPSA) is 56.1 Å². The number of carbonyl (C=O) groups is 1. The quantitative estimate of drug-likeness (QED) is 0.942. The number of hydrogen-bond donors (Lipinski definition) is 1. The fourth-order valence-electron chi connectivity index (χ4n) is 2.85. The Labute approximate surface area is 136 Å². The van der Waals surface area contributed by atoms with Gasteiger partial charge in [-0.05, 0) is 67.9 Å². The third kappa shape index (κ3) is 3.97. The van der Waals surface area contributed by atoms with Crippen molar-refractivity contribution in [2.24, 2.45) is 0 Å². The van der Waals surface area contributed by atoms with Crippen LogP contribution in [0.5, 0.6) is 0 Å². The number of likely N-dealkylation sites (tertiary alicyclic amines) is 1. The molecule has 116 valence electrons. The van der Waals surface area contributed by atoms with E-state index in [2.05, 4.69) is 16.3 Å². The van der Waals surface area contributed by atoms with E-state index in [0.29, 0.717) is 11.1 Å². The van der Waals surface area contributed by atoms with Gasteiger partial charge in [0.25, 0.3) is 5.91 Å². The first-order chi connectivity index (χ1) is 11.2. The molecule has 0 unspecified atom stereocenters. The van der Waals surface area contributed by atoms with E-state index >= 15 is 0 Å². The monoisotopic (exact) mass is 305 g/mol. The summed E-state index contributed by atoms with van der Waals surface area (Å²) in [6.07, 6.45) is 2.55. The molecule has 4 heteroatoms. The molecule has 1 fully saturated rings. The van der Waals surface area contributed by atoms with Crippen molar-refractivity contribution in [3.63, 3.8) is 0 Å². The van der Waals surface area contributed by atoms with Crippen molar-refractivity contribution >= 4 is 11.6 Å². The third-order valence-corrected chi connectivity index (χ3v) is 4.07. The minimum Gasteiger partial charge on any atom is -0.322 e. The Bertz CT molecular complexity index is 725. The lowest BCUT2D eigenvalue weighted by Crippen LogP contribution is -2.18. The molecular formula is C19H19N3O. The first kappa shape index (κ1) is 15.3. The zero-order valence-corrected chi connectivity index (χ0v) is 13.0. The average Bonchev–Trinajstić information content (AvgIpc) is 3.08. The zero-order valence-electron chi connectivity index (χ0n) is 13.0. The summed E-state index contributed by atoms with van der Waals surface area (Å²) in [5, 5.41) is 11.7. The Morgan fingerprint density at radius 1 is 1.13 bits per heavy atom. The zero-order chi connectivity index (χ0) is 16.1. The summed E-state index contributed by atoms with van der Waals surface area (Å²) in [7, 11) is 0. The van der Waals surface area contributed by atoms with Crippen molar-refractivity contribution < 1.29 is 4.79 Å². The maximum atomic E-state index is 12.3. The van der Waals surface area contributed by atoms with Gasteiger partial charge in [-0.2, -0.15) is 5.26 Å². The molecule has 1 saturated heterocycles. The summed E-state index contributed by atoms with van der Waals surface area (Å²) in [5.74, 6) is -0.159. The van der Waals surface area contributed by atoms with Crippen molar-refractivity contribution in [3.8, 4) is 6.07 Å². The van der Waals surface area contributed by atoms with Gasteiger partial charge < -0.3 is 5.32 Å². The molecule has 2 aromatic carbocycles. The van der Waals surface area contributed by atoms with Gasteiger partial charge in [0.2, 0.25) is 0 Å². The van der Waals surface area contributed by atoms with Crippen LogP contribution in [0.2, 0.25) is 0 Å². The van der Waals surface area contributed by atoms with Gasteiger partial charge >= 0.3 is 0 Å². The maximum Gasteiger partial charge on any atom is 0.255 e. The van der Waals surface area contributed by atoms with E-state index in [9.17, 15) is 4.79 Å². The Balaban J connectivity index is 1.66. The Kier molecular flexibility index (Phi) is 4.70. The highest BCUT2D eigenvalue weighted by molar-refractivity contribution is 6.04. The summed E-state index contributed by atoms with van der Waals surface area (Å²) < 4.78 is 0. The lowest BCUT2D eigenvalue weighted by atomic mass is 10.1. The number of nitrogens with one attached hydrogen (secondary N) is 1. The second-order valence-electron chi connectivity index (χ2n) is 5.83. The number of amides is 1. The lowest BCUT2D eigenvalue weighted by molar-refractivity contribution is 0.102. The van der Waals surface area contributed by atoms with Crippen molar-refractivity contribution in [3.05, 3.63) is 65.2 Å². The molecule has 23 heavy (non-hydrogen) atoms. The minimum atomic E-state index is -0.159. The van der Waals surface area contributed by atoms with Crippen molar-refractivity contribution in [1.82, 2.24) is 4.90 Å². The van der Waals surface area contributed by atoms with Crippen LogP contribution >= 0.6 is 0 Å². The number of nitrogens with zero attached hydrogens (tertiary/aromatic N) is 2. The molecule has 1 N–H and O–H groups in total. The fourth-order valence-corrected chi connectivity index (χ4v) is 2.85. The average molecular weight is 305 g/mol. The third-order valence-electron chi connectivity index (χ3n) is 4.07. The van der Waals surface area contributed by atoms with E-state index in [1.165, 1.54) is 18.4 Å². The number of benzene rings is 2. The predicted octanol–water partition coefficient (Wildman–Crippen LogP) is 3.41. The molecule has 1 aliphatic heterocycles. The minimum absolute atomic E-state index is 0.159. The number of rotatable bonds is 4. The molecule has 0 spiro atoms. The van der Waals surface area contributed by atoms with E-state index in [1.54, 1.807) is 24.3 Å². The molecular weight excluding hydrogens is 286 g/mol. The van der Waals surface area contributed by atoms with E-state index in [0.717, 1.165) is 25.3 Å². The number of nitriles is 1. The predicted molar refractivity (Wildman–Crippen MR) is 90.1 cm³/mol. The summed E-state index contributed by atoms with van der Waals surface area (Å²) in [6, 6.07) is 16.7. The first-order valence-corrected chi connectivity index (χ1v) is 7.87. The second kappa shape index (κ2) is 7.08. The SMILES string of the molecule is N#Cc1ccc(C(=O)Nc2cccc(CN3CCCC3)c2)cc1. The number of anilines is 1. The number of hydrogen-bond acceptors (Lipinski definition) is 3. The highest BCUT2D eigenvalue weighted by atomic mass is 16.1. The second-order valence-corrected chi connectivity index (χ2v) is 5.83. The van der Waals surface area contributed by atoms with E-state index < -0.39 is 0 Å². The largest absolute Gasteiger partial charge is 0.322 e. The summed E-state index contributed by atoms with van der Waals surface area (Å²) >= 11 is 0. The highest BCUT2D eigenvalue weighted by Crippen LogP contribution is 2.17. The first-order valence-electron chi connectivity index (χ1n) is 7.87. The van der Waals surface area contributed by atoms with Gasteiger partial charge in [-0.3, -0.25) is 9.69 Å². The van der Waals surface area contributed by atoms with Gasteiger partial charge in [-0.1, -0.05) is 12.1 Å². The molecule has 1 amide bonds. The van der Waals surface area contributed by atoms with Gasteiger partial charge in [-0.15, -0.1) is 0 Å². The van der Waals surface area contributed by atoms with Gasteiger partial charge in [-0.25, -0.2) is 0 Å². The molecule has 0 bridgehead atoms. The molecule has 1 aliphatic rings. The van der Waals surface area contributed by atoms with Crippen molar-refractivity contribution in [2.45, 2.75) is 19.4 Å². The molecule has 0 aliphatic carbocycles. The van der Waals surface area contributed by atoms with Crippen LogP contribution in [0, 0.1) is 11.3 Å². The van der Waals surface area contributed by atoms with Crippen LogP contribution in [0.15, 0.2) is 48.5 Å². The molecule has 0 radical (unpaired) electrons. The van der Waals surface area contributed by atoms with Crippen LogP contribution in [0.3, 0.4) is 0 Å². The molecule has 2 aromatic rings. The molecule has 0 atom stereocenters. The van der Waals surface area contributed by atoms with Crippen LogP contribution in [0.4, 0.5) is 5.69 Å². The van der Waals surface area contributed by atoms with E-state index in [1.807, 2.05) is 24.3 Å². The van der Waals surface area contributed by atoms with Crippen LogP contribution in [-0.4, -0.2) is 23.9 Å². The standard InChI is InChI=1S/C19H19N3O/c20-13-15-6-8-17(9-7-15)19(23)21-18-5-3-4-16(12-18)14-22-10-1-2-11-22/h3-9,12H,1-2,10-11,14H2,(H,21,23). The van der Waals surface area contributed by atoms with Gasteiger partial charge in [0.15, 0.2) is 0 Å². The molecule has 3 rings (SSSR count). The summed E-state index contributed by atoms with van der Waals surface area (Å²) in [6.45, 7) is 3.24. The molecule has 0 saturated carbocycles. The fraction of sp³-hybridized carbons (Fsp3) is 0.263. The van der Waals surface area contributed by atoms with Crippen molar-refractivity contribution in [2.75, 3.05) is 18.4 Å². The normalized spacial score (nSPS) is 14.4. The van der Waals surface area contributed by atoms with Crippen LogP contribution in [0.25, 0.3) is 0 Å². The smallest absolute Gasteiger partial charge is 0.255 e. The van der Waals surface area contributed by atoms with Crippen LogP contribution in [0.1, 0.15) is 34.3 Å². The highest BCUT2D eigenvalue weighted by Gasteiger charge is 2.12. The van der Waals surface area contributed by atoms with Crippen LogP contribution in [-0.2, 0) is 6.54 Å². The summed E-state index contributed by atoms with van der Waals surface area (Å²) in [4.78, 5) is 14.7. The van der Waals surface area contributed by atoms with Crippen molar-refractivity contribution in [1.29, 1.82) is 5.26 Å². The molecule has 1 heterocycles. The summed E-state index contributed by atoms with van der Waals surface area (Å²) in [5.41, 5.74) is 3.11. The Morgan fingerprint density at radius 3 is 2.57 bits per heavy atom. The Hall–Kier alpha value is -2.64. The van der Waals surface area contributed by atoms with Crippen LogP contribution < -0.4 is 5.32 Å². The van der Waals surface area contributed by atoms with Gasteiger partial charge in [0, 0.05) is 17.8 Å². The number of carbonyl (C=O) groups excluding carboxylic acids is 1. The Morgan fingerprint density at radius 2 is 1.87 bits per heavy atom. The van der Waals surface area contributed by atoms with E-state index in [-0.39, 0.29) is 5.91 Å². The van der Waals surface area contributed by atoms with E-state index in [4.69, 9.17) is 5.26 Å². The molecule has 4 nitrogen and oxygen atoms in total. The lowest BCUT2D eigenvalue weighted by Gasteiger charge is -2.15. The molecule has 0 aromatic heterocycles.